The molecule has 1 unspecified atom stereocenters. The van der Waals surface area contributed by atoms with Gasteiger partial charge in [0, 0.05) is 5.56 Å². The van der Waals surface area contributed by atoms with Gasteiger partial charge in [0.1, 0.15) is 5.82 Å². The summed E-state index contributed by atoms with van der Waals surface area (Å²) in [5.41, 5.74) is 0.542. The van der Waals surface area contributed by atoms with Crippen LogP contribution in [0.25, 0.3) is 5.57 Å². The van der Waals surface area contributed by atoms with Crippen LogP contribution in [0, 0.1) is 11.7 Å². The topological polar surface area (TPSA) is 40.3 Å². The fourth-order valence-electron chi connectivity index (χ4n) is 3.45. The normalized spacial score (nSPS) is 26.4. The molecule has 0 aliphatic carbocycles. The smallest absolute Gasteiger partial charge is 0.251 e. The van der Waals surface area contributed by atoms with Crippen molar-refractivity contribution in [3.8, 4) is 0 Å². The van der Waals surface area contributed by atoms with Crippen molar-refractivity contribution < 1.29 is 13.5 Å². The lowest BCUT2D eigenvalue weighted by Gasteiger charge is -2.39. The molecule has 0 N–H and O–H groups in total. The Morgan fingerprint density at radius 3 is 2.69 bits per heavy atom. The molecule has 0 radical (unpaired) electrons. The third-order valence-corrected chi connectivity index (χ3v) is 5.50. The van der Waals surface area contributed by atoms with Crippen molar-refractivity contribution in [1.82, 2.24) is 5.01 Å². The maximum absolute atomic E-state index is 14.4. The molecular weight excluding hydrogens is 383 g/mol. The molecule has 1 atom stereocenters. The van der Waals surface area contributed by atoms with E-state index in [-0.39, 0.29) is 33.1 Å². The number of alkyl halides is 1. The highest BCUT2D eigenvalue weighted by atomic mass is 35.5. The minimum Gasteiger partial charge on any atom is -0.251 e. The molecule has 1 saturated heterocycles. The Bertz CT molecular complexity index is 838. The zero-order chi connectivity index (χ0) is 18.3. The van der Waals surface area contributed by atoms with Gasteiger partial charge >= 0.3 is 5.96 Å². The zero-order valence-electron chi connectivity index (χ0n) is 13.7. The van der Waals surface area contributed by atoms with Crippen LogP contribution in [0.4, 0.5) is 8.78 Å². The van der Waals surface area contributed by atoms with Crippen LogP contribution in [0.2, 0.25) is 5.02 Å². The van der Waals surface area contributed by atoms with Crippen LogP contribution >= 0.6 is 23.2 Å². The van der Waals surface area contributed by atoms with E-state index < -0.39 is 5.82 Å². The average Bonchev–Trinajstić information content (AvgIpc) is 3.05. The molecule has 9 heteroatoms. The molecule has 0 bridgehead atoms. The standard InChI is InChI=1S/C17H16Cl2F2N5/c18-13-2-1-3-14(21)15(13)12-9-26(17(22-10-23-26)24-16(12)19)25-6-4-11(8-20)5-7-25/h1-3,9-11H,4-8H2/q+1. The molecule has 5 nitrogen and oxygen atoms in total. The minimum absolute atomic E-state index is 0.0535. The van der Waals surface area contributed by atoms with E-state index in [2.05, 4.69) is 15.1 Å². The number of benzene rings is 1. The van der Waals surface area contributed by atoms with Crippen molar-refractivity contribution in [2.45, 2.75) is 12.8 Å². The Balaban J connectivity index is 1.78. The Hall–Kier alpha value is -1.67. The molecule has 1 aromatic carbocycles. The summed E-state index contributed by atoms with van der Waals surface area (Å²) < 4.78 is 27.3. The second-order valence-corrected chi connectivity index (χ2v) is 7.17. The third kappa shape index (κ3) is 2.79. The summed E-state index contributed by atoms with van der Waals surface area (Å²) in [4.78, 5) is 8.55. The van der Waals surface area contributed by atoms with Gasteiger partial charge < -0.3 is 0 Å². The predicted octanol–water partition coefficient (Wildman–Crippen LogP) is 4.20. The summed E-state index contributed by atoms with van der Waals surface area (Å²) in [6, 6.07) is 4.45. The van der Waals surface area contributed by atoms with Gasteiger partial charge in [0.15, 0.2) is 17.7 Å². The first kappa shape index (κ1) is 17.7. The maximum atomic E-state index is 14.4. The molecular formula is C17H16Cl2F2N5+. The quantitative estimate of drug-likeness (QED) is 0.703. The van der Waals surface area contributed by atoms with Crippen LogP contribution in [0.5, 0.6) is 0 Å². The number of guanidine groups is 1. The van der Waals surface area contributed by atoms with Crippen LogP contribution in [0.15, 0.2) is 39.5 Å². The molecule has 0 spiro atoms. The van der Waals surface area contributed by atoms with Crippen molar-refractivity contribution in [2.24, 2.45) is 21.0 Å². The molecule has 3 heterocycles. The molecule has 1 fully saturated rings. The first-order valence-electron chi connectivity index (χ1n) is 8.29. The van der Waals surface area contributed by atoms with Crippen LogP contribution in [-0.4, -0.2) is 46.9 Å². The molecule has 0 aromatic heterocycles. The Labute approximate surface area is 159 Å². The van der Waals surface area contributed by atoms with E-state index in [1.807, 2.05) is 5.01 Å². The van der Waals surface area contributed by atoms with Gasteiger partial charge in [-0.3, -0.25) is 4.39 Å². The van der Waals surface area contributed by atoms with E-state index in [9.17, 15) is 8.78 Å². The molecule has 3 aliphatic rings. The lowest BCUT2D eigenvalue weighted by Crippen LogP contribution is -2.58. The maximum Gasteiger partial charge on any atom is 0.384 e. The van der Waals surface area contributed by atoms with Crippen molar-refractivity contribution >= 4 is 46.2 Å². The number of hydrogen-bond donors (Lipinski definition) is 0. The van der Waals surface area contributed by atoms with E-state index in [1.165, 1.54) is 18.5 Å². The Morgan fingerprint density at radius 1 is 1.23 bits per heavy atom. The number of aliphatic imine (C=N–C) groups is 2. The minimum atomic E-state index is -0.491. The van der Waals surface area contributed by atoms with Gasteiger partial charge in [0.25, 0.3) is 0 Å². The number of fused-ring (bicyclic) bond motifs is 1. The fourth-order valence-corrected chi connectivity index (χ4v) is 3.93. The van der Waals surface area contributed by atoms with E-state index in [0.29, 0.717) is 37.5 Å². The molecule has 0 amide bonds. The van der Waals surface area contributed by atoms with Gasteiger partial charge in [-0.2, -0.15) is 9.98 Å². The summed E-state index contributed by atoms with van der Waals surface area (Å²) in [5.74, 6) is -0.0578. The lowest BCUT2D eigenvalue weighted by atomic mass is 9.99. The second-order valence-electron chi connectivity index (χ2n) is 6.40. The molecule has 0 saturated carbocycles. The summed E-state index contributed by atoms with van der Waals surface area (Å²) >= 11 is 12.5. The predicted molar refractivity (Wildman–Crippen MR) is 99.1 cm³/mol. The van der Waals surface area contributed by atoms with Gasteiger partial charge in [-0.25, -0.2) is 4.39 Å². The average molecular weight is 399 g/mol. The van der Waals surface area contributed by atoms with Crippen LogP contribution in [0.1, 0.15) is 18.4 Å². The number of allylic oxidation sites excluding steroid dienone is 1. The van der Waals surface area contributed by atoms with Crippen molar-refractivity contribution in [3.05, 3.63) is 40.8 Å². The monoisotopic (exact) mass is 398 g/mol. The second kappa shape index (κ2) is 6.81. The van der Waals surface area contributed by atoms with Gasteiger partial charge in [-0.05, 0) is 40.7 Å². The number of piperidine rings is 1. The number of hydrogen-bond acceptors (Lipinski definition) is 4. The highest BCUT2D eigenvalue weighted by Gasteiger charge is 2.49. The zero-order valence-corrected chi connectivity index (χ0v) is 15.3. The SMILES string of the molecule is FCC1CCN([N+]23C=C(c4c(F)cccc4Cl)C(Cl)=NC2=NC=N3)CC1. The molecule has 3 aliphatic heterocycles. The van der Waals surface area contributed by atoms with Crippen LogP contribution in [0.3, 0.4) is 0 Å². The highest BCUT2D eigenvalue weighted by Crippen LogP contribution is 2.37. The van der Waals surface area contributed by atoms with Gasteiger partial charge in [0.2, 0.25) is 0 Å². The first-order chi connectivity index (χ1) is 12.5. The van der Waals surface area contributed by atoms with Gasteiger partial charge in [0.05, 0.1) is 30.4 Å². The van der Waals surface area contributed by atoms with Crippen molar-refractivity contribution in [3.63, 3.8) is 0 Å². The molecule has 136 valence electrons. The fraction of sp³-hybridized carbons (Fsp3) is 0.353. The largest absolute Gasteiger partial charge is 0.384 e. The number of halogens is 4. The van der Waals surface area contributed by atoms with Crippen LogP contribution < -0.4 is 0 Å². The van der Waals surface area contributed by atoms with E-state index in [0.717, 1.165) is 0 Å². The lowest BCUT2D eigenvalue weighted by molar-refractivity contribution is -0.920. The summed E-state index contributed by atoms with van der Waals surface area (Å²) in [6.45, 7) is 0.910. The Kier molecular flexibility index (Phi) is 4.64. The van der Waals surface area contributed by atoms with E-state index in [1.54, 1.807) is 12.3 Å². The molecule has 4 rings (SSSR count). The summed E-state index contributed by atoms with van der Waals surface area (Å²) in [6.07, 6.45) is 4.53. The third-order valence-electron chi connectivity index (χ3n) is 4.90. The summed E-state index contributed by atoms with van der Waals surface area (Å²) in [7, 11) is 0. The van der Waals surface area contributed by atoms with Gasteiger partial charge in [-0.1, -0.05) is 29.3 Å². The molecule has 1 aromatic rings. The highest BCUT2D eigenvalue weighted by molar-refractivity contribution is 6.77. The number of rotatable bonds is 3. The van der Waals surface area contributed by atoms with Crippen molar-refractivity contribution in [2.75, 3.05) is 19.8 Å². The van der Waals surface area contributed by atoms with Gasteiger partial charge in [-0.15, -0.1) is 5.01 Å². The number of quaternary nitrogens is 1. The van der Waals surface area contributed by atoms with Crippen LogP contribution in [-0.2, 0) is 0 Å². The first-order valence-corrected chi connectivity index (χ1v) is 9.05. The number of nitrogens with zero attached hydrogens (tertiary/aromatic N) is 5. The molecule has 26 heavy (non-hydrogen) atoms. The van der Waals surface area contributed by atoms with E-state index >= 15 is 0 Å². The Morgan fingerprint density at radius 2 is 2.00 bits per heavy atom. The van der Waals surface area contributed by atoms with E-state index in [4.69, 9.17) is 23.2 Å². The summed E-state index contributed by atoms with van der Waals surface area (Å²) in [5, 5.41) is 6.83. The van der Waals surface area contributed by atoms with Crippen molar-refractivity contribution in [1.29, 1.82) is 0 Å².